The van der Waals surface area contributed by atoms with Crippen LogP contribution >= 0.6 is 23.2 Å². The summed E-state index contributed by atoms with van der Waals surface area (Å²) in [6.45, 7) is 0.320. The van der Waals surface area contributed by atoms with E-state index in [0.717, 1.165) is 5.56 Å². The number of methoxy groups -OCH3 is 1. The van der Waals surface area contributed by atoms with Gasteiger partial charge in [-0.15, -0.1) is 0 Å². The Morgan fingerprint density at radius 1 is 1.24 bits per heavy atom. The molecule has 1 unspecified atom stereocenters. The molecule has 0 aromatic heterocycles. The lowest BCUT2D eigenvalue weighted by molar-refractivity contribution is 0.386. The largest absolute Gasteiger partial charge is 0.494 e. The third-order valence-electron chi connectivity index (χ3n) is 3.07. The van der Waals surface area contributed by atoms with Crippen molar-refractivity contribution >= 4 is 28.9 Å². The quantitative estimate of drug-likeness (QED) is 0.862. The van der Waals surface area contributed by atoms with Gasteiger partial charge in [-0.2, -0.15) is 0 Å². The molecule has 2 rings (SSSR count). The van der Waals surface area contributed by atoms with E-state index in [9.17, 15) is 4.39 Å². The van der Waals surface area contributed by atoms with E-state index in [4.69, 9.17) is 33.7 Å². The second-order valence-electron chi connectivity index (χ2n) is 4.45. The van der Waals surface area contributed by atoms with Gasteiger partial charge in [-0.25, -0.2) is 4.39 Å². The molecule has 0 aliphatic carbocycles. The van der Waals surface area contributed by atoms with Crippen LogP contribution in [0.15, 0.2) is 36.4 Å². The average molecular weight is 329 g/mol. The maximum atomic E-state index is 13.4. The van der Waals surface area contributed by atoms with Crippen molar-refractivity contribution in [3.63, 3.8) is 0 Å². The first-order valence-corrected chi connectivity index (χ1v) is 7.06. The molecular weight excluding hydrogens is 314 g/mol. The average Bonchev–Trinajstić information content (AvgIpc) is 2.47. The number of nitrogens with one attached hydrogen (secondary N) is 1. The van der Waals surface area contributed by atoms with E-state index >= 15 is 0 Å². The molecule has 0 fully saturated rings. The zero-order valence-corrected chi connectivity index (χ0v) is 12.9. The van der Waals surface area contributed by atoms with Gasteiger partial charge in [0.15, 0.2) is 11.6 Å². The minimum absolute atomic E-state index is 0.165. The van der Waals surface area contributed by atoms with E-state index < -0.39 is 5.82 Å². The minimum atomic E-state index is -0.420. The van der Waals surface area contributed by atoms with Crippen LogP contribution in [-0.4, -0.2) is 13.7 Å². The molecule has 0 radical (unpaired) electrons. The molecule has 0 aliphatic heterocycles. The smallest absolute Gasteiger partial charge is 0.165 e. The van der Waals surface area contributed by atoms with Crippen LogP contribution in [0.1, 0.15) is 11.6 Å². The normalized spacial score (nSPS) is 12.0. The SMILES string of the molecule is COc1cc(NC(CN)c2ccc(Cl)cc2Cl)ccc1F. The summed E-state index contributed by atoms with van der Waals surface area (Å²) >= 11 is 12.1. The minimum Gasteiger partial charge on any atom is -0.494 e. The Balaban J connectivity index is 2.26. The summed E-state index contributed by atoms with van der Waals surface area (Å²) in [5.74, 6) is -0.255. The van der Waals surface area contributed by atoms with E-state index in [1.165, 1.54) is 13.2 Å². The van der Waals surface area contributed by atoms with Gasteiger partial charge in [-0.1, -0.05) is 29.3 Å². The Kier molecular flexibility index (Phi) is 5.28. The lowest BCUT2D eigenvalue weighted by Gasteiger charge is -2.20. The van der Waals surface area contributed by atoms with Gasteiger partial charge in [0.25, 0.3) is 0 Å². The fourth-order valence-corrected chi connectivity index (χ4v) is 2.54. The maximum absolute atomic E-state index is 13.4. The Bertz CT molecular complexity index is 637. The fraction of sp³-hybridized carbons (Fsp3) is 0.200. The van der Waals surface area contributed by atoms with Crippen LogP contribution in [0.2, 0.25) is 10.0 Å². The number of ether oxygens (including phenoxy) is 1. The molecule has 112 valence electrons. The summed E-state index contributed by atoms with van der Waals surface area (Å²) in [4.78, 5) is 0. The molecule has 6 heteroatoms. The molecule has 1 atom stereocenters. The van der Waals surface area contributed by atoms with Crippen LogP contribution in [0.4, 0.5) is 10.1 Å². The number of halogens is 3. The molecule has 2 aromatic rings. The van der Waals surface area contributed by atoms with Crippen molar-refractivity contribution in [3.8, 4) is 5.75 Å². The van der Waals surface area contributed by atoms with E-state index in [2.05, 4.69) is 5.32 Å². The topological polar surface area (TPSA) is 47.3 Å². The molecule has 0 spiro atoms. The first kappa shape index (κ1) is 15.9. The number of anilines is 1. The molecule has 0 saturated carbocycles. The van der Waals surface area contributed by atoms with Crippen molar-refractivity contribution in [3.05, 3.63) is 57.8 Å². The highest BCUT2D eigenvalue weighted by Crippen LogP contribution is 2.29. The third kappa shape index (κ3) is 3.79. The van der Waals surface area contributed by atoms with E-state index in [-0.39, 0.29) is 11.8 Å². The van der Waals surface area contributed by atoms with E-state index in [1.807, 2.05) is 6.07 Å². The third-order valence-corrected chi connectivity index (χ3v) is 3.63. The molecule has 2 aromatic carbocycles. The van der Waals surface area contributed by atoms with Crippen LogP contribution in [0, 0.1) is 5.82 Å². The Labute approximate surface area is 132 Å². The Hall–Kier alpha value is -1.49. The van der Waals surface area contributed by atoms with Gasteiger partial charge in [-0.3, -0.25) is 0 Å². The van der Waals surface area contributed by atoms with E-state index in [1.54, 1.807) is 24.3 Å². The number of hydrogen-bond acceptors (Lipinski definition) is 3. The molecular formula is C15H15Cl2FN2O. The summed E-state index contributed by atoms with van der Waals surface area (Å²) in [6.07, 6.45) is 0. The van der Waals surface area contributed by atoms with Crippen molar-refractivity contribution in [1.82, 2.24) is 0 Å². The summed E-state index contributed by atoms with van der Waals surface area (Å²) in [7, 11) is 1.42. The van der Waals surface area contributed by atoms with E-state index in [0.29, 0.717) is 22.3 Å². The van der Waals surface area contributed by atoms with Crippen molar-refractivity contribution in [2.45, 2.75) is 6.04 Å². The molecule has 0 saturated heterocycles. The molecule has 0 amide bonds. The monoisotopic (exact) mass is 328 g/mol. The summed E-state index contributed by atoms with van der Waals surface area (Å²) < 4.78 is 18.4. The summed E-state index contributed by atoms with van der Waals surface area (Å²) in [5.41, 5.74) is 7.32. The van der Waals surface area contributed by atoms with Crippen molar-refractivity contribution < 1.29 is 9.13 Å². The fourth-order valence-electron chi connectivity index (χ4n) is 2.00. The number of rotatable bonds is 5. The second kappa shape index (κ2) is 6.98. The Morgan fingerprint density at radius 3 is 2.62 bits per heavy atom. The lowest BCUT2D eigenvalue weighted by atomic mass is 10.1. The predicted molar refractivity (Wildman–Crippen MR) is 84.8 cm³/mol. The molecule has 21 heavy (non-hydrogen) atoms. The van der Waals surface area contributed by atoms with Gasteiger partial charge >= 0.3 is 0 Å². The number of hydrogen-bond donors (Lipinski definition) is 2. The van der Waals surface area contributed by atoms with Crippen LogP contribution in [-0.2, 0) is 0 Å². The molecule has 0 bridgehead atoms. The summed E-state index contributed by atoms with van der Waals surface area (Å²) in [5, 5.41) is 4.29. The highest BCUT2D eigenvalue weighted by atomic mass is 35.5. The van der Waals surface area contributed by atoms with Gasteiger partial charge in [-0.05, 0) is 29.8 Å². The van der Waals surface area contributed by atoms with Gasteiger partial charge in [0, 0.05) is 28.3 Å². The standard InChI is InChI=1S/C15H15Cl2FN2O/c1-21-15-7-10(3-5-13(15)18)20-14(8-19)11-4-2-9(16)6-12(11)17/h2-7,14,20H,8,19H2,1H3. The second-order valence-corrected chi connectivity index (χ2v) is 5.29. The highest BCUT2D eigenvalue weighted by molar-refractivity contribution is 6.35. The maximum Gasteiger partial charge on any atom is 0.165 e. The number of benzene rings is 2. The first-order valence-electron chi connectivity index (χ1n) is 6.30. The van der Waals surface area contributed by atoms with Crippen LogP contribution in [0.3, 0.4) is 0 Å². The van der Waals surface area contributed by atoms with Crippen molar-refractivity contribution in [2.24, 2.45) is 5.73 Å². The predicted octanol–water partition coefficient (Wildman–Crippen LogP) is 4.25. The van der Waals surface area contributed by atoms with Gasteiger partial charge in [0.05, 0.1) is 13.2 Å². The van der Waals surface area contributed by atoms with Gasteiger partial charge in [0.1, 0.15) is 0 Å². The zero-order valence-electron chi connectivity index (χ0n) is 11.4. The first-order chi connectivity index (χ1) is 10.0. The van der Waals surface area contributed by atoms with Crippen molar-refractivity contribution in [1.29, 1.82) is 0 Å². The molecule has 0 aliphatic rings. The van der Waals surface area contributed by atoms with Gasteiger partial charge in [0.2, 0.25) is 0 Å². The number of nitrogens with two attached hydrogens (primary N) is 1. The molecule has 3 N–H and O–H groups in total. The zero-order chi connectivity index (χ0) is 15.4. The van der Waals surface area contributed by atoms with Crippen LogP contribution < -0.4 is 15.8 Å². The van der Waals surface area contributed by atoms with Crippen LogP contribution in [0.5, 0.6) is 5.75 Å². The molecule has 3 nitrogen and oxygen atoms in total. The lowest BCUT2D eigenvalue weighted by Crippen LogP contribution is -2.21. The Morgan fingerprint density at radius 2 is 2.00 bits per heavy atom. The highest BCUT2D eigenvalue weighted by Gasteiger charge is 2.14. The summed E-state index contributed by atoms with van der Waals surface area (Å²) in [6, 6.07) is 9.53. The van der Waals surface area contributed by atoms with Gasteiger partial charge < -0.3 is 15.8 Å². The molecule has 0 heterocycles. The van der Waals surface area contributed by atoms with Crippen molar-refractivity contribution in [2.75, 3.05) is 19.0 Å². The van der Waals surface area contributed by atoms with Crippen LogP contribution in [0.25, 0.3) is 0 Å².